The Labute approximate surface area is 98.2 Å². The lowest BCUT2D eigenvalue weighted by Gasteiger charge is -2.11. The minimum atomic E-state index is -5.46. The molecule has 8 N–H and O–H groups in total. The Morgan fingerprint density at radius 3 is 0.833 bits per heavy atom. The molecule has 112 valence electrons. The first kappa shape index (κ1) is 20.8. The zero-order valence-electron chi connectivity index (χ0n) is 7.82. The molecule has 0 aromatic carbocycles. The molecule has 0 amide bonds. The van der Waals surface area contributed by atoms with E-state index in [0.717, 1.165) is 0 Å². The molecule has 18 heavy (non-hydrogen) atoms. The van der Waals surface area contributed by atoms with Gasteiger partial charge in [-0.2, -0.15) is 8.62 Å². The zero-order chi connectivity index (χ0) is 15.4. The summed E-state index contributed by atoms with van der Waals surface area (Å²) in [4.78, 5) is 61.8. The molecular formula is H8O14P4. The van der Waals surface area contributed by atoms with Crippen molar-refractivity contribution in [3.8, 4) is 0 Å². The van der Waals surface area contributed by atoms with Gasteiger partial charge in [0.1, 0.15) is 0 Å². The highest BCUT2D eigenvalue weighted by Gasteiger charge is 2.38. The molecule has 0 fully saturated rings. The fourth-order valence-electron chi connectivity index (χ4n) is 0.284. The molecule has 0 rings (SSSR count). The standard InChI is InChI=1S/H5O10P3.H3O4P/c1-11(2,3)9-13(7,8)10-12(4,5)6;1-5(2,3)4/h(H,7,8)(H2,1,2,3)(H2,4,5,6);(H3,1,2,3,4). The fourth-order valence-corrected chi connectivity index (χ4v) is 2.82. The highest BCUT2D eigenvalue weighted by molar-refractivity contribution is 7.66. The average Bonchev–Trinajstić information content (AvgIpc) is 1.64. The maximum Gasteiger partial charge on any atom is 0.490 e. The molecule has 0 aromatic rings. The first-order valence-electron chi connectivity index (χ1n) is 3.06. The van der Waals surface area contributed by atoms with E-state index < -0.39 is 31.3 Å². The van der Waals surface area contributed by atoms with E-state index in [1.54, 1.807) is 0 Å². The topological polar surface area (TPSA) is 249 Å². The fraction of sp³-hybridized carbons (Fsp3) is 0. The van der Waals surface area contributed by atoms with Gasteiger partial charge in [-0.1, -0.05) is 0 Å². The first-order chi connectivity index (χ1) is 7.41. The van der Waals surface area contributed by atoms with Gasteiger partial charge in [0.15, 0.2) is 0 Å². The van der Waals surface area contributed by atoms with E-state index in [4.69, 9.17) is 43.7 Å². The van der Waals surface area contributed by atoms with Crippen molar-refractivity contribution in [2.45, 2.75) is 0 Å². The van der Waals surface area contributed by atoms with Crippen LogP contribution in [-0.4, -0.2) is 39.1 Å². The minimum Gasteiger partial charge on any atom is -0.303 e. The first-order valence-corrected chi connectivity index (χ1v) is 9.18. The molecule has 0 aromatic heterocycles. The third-order valence-corrected chi connectivity index (χ3v) is 3.77. The molecule has 0 saturated carbocycles. The van der Waals surface area contributed by atoms with Gasteiger partial charge in [-0.25, -0.2) is 18.3 Å². The van der Waals surface area contributed by atoms with Crippen molar-refractivity contribution in [1.82, 2.24) is 0 Å². The Kier molecular flexibility index (Phi) is 7.87. The van der Waals surface area contributed by atoms with E-state index in [1.807, 2.05) is 0 Å². The molecule has 0 spiro atoms. The van der Waals surface area contributed by atoms with E-state index in [9.17, 15) is 13.7 Å². The summed E-state index contributed by atoms with van der Waals surface area (Å²) in [5.74, 6) is 0. The summed E-state index contributed by atoms with van der Waals surface area (Å²) in [6.07, 6.45) is 0. The van der Waals surface area contributed by atoms with Gasteiger partial charge in [0.05, 0.1) is 0 Å². The van der Waals surface area contributed by atoms with Gasteiger partial charge in [-0.05, 0) is 0 Å². The molecule has 0 aliphatic heterocycles. The summed E-state index contributed by atoms with van der Waals surface area (Å²) in [6, 6.07) is 0. The van der Waals surface area contributed by atoms with Crippen molar-refractivity contribution in [2.75, 3.05) is 0 Å². The third-order valence-electron chi connectivity index (χ3n) is 0.419. The van der Waals surface area contributed by atoms with Gasteiger partial charge in [0.2, 0.25) is 0 Å². The molecule has 0 aliphatic rings. The van der Waals surface area contributed by atoms with Crippen molar-refractivity contribution >= 4 is 31.3 Å². The van der Waals surface area contributed by atoms with Gasteiger partial charge < -0.3 is 39.1 Å². The van der Waals surface area contributed by atoms with E-state index in [1.165, 1.54) is 0 Å². The summed E-state index contributed by atoms with van der Waals surface area (Å²) in [7, 11) is -20.8. The molecule has 0 bridgehead atoms. The predicted octanol–water partition coefficient (Wildman–Crippen LogP) is -1.62. The number of rotatable bonds is 4. The third kappa shape index (κ3) is 25.4. The minimum absolute atomic E-state index is 3.06. The lowest BCUT2D eigenvalue weighted by Crippen LogP contribution is -1.91. The van der Waals surface area contributed by atoms with Gasteiger partial charge in [0.25, 0.3) is 0 Å². The van der Waals surface area contributed by atoms with Crippen LogP contribution in [0.5, 0.6) is 0 Å². The van der Waals surface area contributed by atoms with Crippen LogP contribution >= 0.6 is 31.3 Å². The van der Waals surface area contributed by atoms with Crippen molar-refractivity contribution in [3.63, 3.8) is 0 Å². The average molecular weight is 356 g/mol. The van der Waals surface area contributed by atoms with Crippen molar-refractivity contribution in [2.24, 2.45) is 0 Å². The number of hydrogen-bond donors (Lipinski definition) is 8. The van der Waals surface area contributed by atoms with Crippen LogP contribution in [0.4, 0.5) is 0 Å². The molecule has 0 saturated heterocycles. The molecule has 0 aliphatic carbocycles. The Morgan fingerprint density at radius 2 is 0.722 bits per heavy atom. The van der Waals surface area contributed by atoms with Crippen LogP contribution in [-0.2, 0) is 26.9 Å². The maximum absolute atomic E-state index is 10.4. The Balaban J connectivity index is 0. The van der Waals surface area contributed by atoms with Gasteiger partial charge in [-0.3, -0.25) is 0 Å². The summed E-state index contributed by atoms with van der Waals surface area (Å²) in [5, 5.41) is 0. The smallest absolute Gasteiger partial charge is 0.303 e. The lowest BCUT2D eigenvalue weighted by molar-refractivity contribution is 0.204. The lowest BCUT2D eigenvalue weighted by atomic mass is 15.7. The normalized spacial score (nSPS) is 13.8. The molecular weight excluding hydrogens is 348 g/mol. The molecule has 0 unspecified atom stereocenters. The number of phosphoric acid groups is 4. The zero-order valence-corrected chi connectivity index (χ0v) is 11.4. The van der Waals surface area contributed by atoms with Crippen LogP contribution < -0.4 is 0 Å². The van der Waals surface area contributed by atoms with Crippen molar-refractivity contribution in [3.05, 3.63) is 0 Å². The van der Waals surface area contributed by atoms with Gasteiger partial charge in [0, 0.05) is 0 Å². The predicted molar refractivity (Wildman–Crippen MR) is 50.3 cm³/mol. The Bertz CT molecular complexity index is 388. The molecule has 0 heterocycles. The highest BCUT2D eigenvalue weighted by atomic mass is 31.3. The van der Waals surface area contributed by atoms with Gasteiger partial charge >= 0.3 is 31.3 Å². The second-order valence-corrected chi connectivity index (χ2v) is 7.36. The van der Waals surface area contributed by atoms with Crippen LogP contribution in [0, 0.1) is 0 Å². The second kappa shape index (κ2) is 6.80. The van der Waals surface area contributed by atoms with Crippen LogP contribution in [0.15, 0.2) is 0 Å². The van der Waals surface area contributed by atoms with E-state index in [0.29, 0.717) is 0 Å². The Morgan fingerprint density at radius 1 is 0.556 bits per heavy atom. The molecule has 14 nitrogen and oxygen atoms in total. The number of hydrogen-bond acceptors (Lipinski definition) is 6. The monoisotopic (exact) mass is 356 g/mol. The van der Waals surface area contributed by atoms with Crippen molar-refractivity contribution in [1.29, 1.82) is 0 Å². The van der Waals surface area contributed by atoms with Crippen LogP contribution in [0.2, 0.25) is 0 Å². The van der Waals surface area contributed by atoms with Gasteiger partial charge in [-0.15, -0.1) is 0 Å². The van der Waals surface area contributed by atoms with Crippen LogP contribution in [0.25, 0.3) is 0 Å². The highest BCUT2D eigenvalue weighted by Crippen LogP contribution is 2.64. The van der Waals surface area contributed by atoms with Crippen LogP contribution in [0.3, 0.4) is 0 Å². The Hall–Kier alpha value is 0.520. The van der Waals surface area contributed by atoms with E-state index in [2.05, 4.69) is 8.62 Å². The van der Waals surface area contributed by atoms with Crippen molar-refractivity contribution < 1.29 is 66.0 Å². The quantitative estimate of drug-likeness (QED) is 0.264. The second-order valence-electron chi connectivity index (χ2n) is 2.13. The molecule has 0 radical (unpaired) electrons. The molecule has 0 atom stereocenters. The van der Waals surface area contributed by atoms with E-state index in [-0.39, 0.29) is 0 Å². The SMILES string of the molecule is O=P(O)(O)O.O=P(O)(O)OP(=O)(O)OP(=O)(O)O. The summed E-state index contributed by atoms with van der Waals surface area (Å²) in [5.41, 5.74) is 0. The molecule has 18 heteroatoms. The maximum atomic E-state index is 10.4. The summed E-state index contributed by atoms with van der Waals surface area (Å²) < 4.78 is 45.3. The summed E-state index contributed by atoms with van der Waals surface area (Å²) >= 11 is 0. The van der Waals surface area contributed by atoms with Crippen LogP contribution in [0.1, 0.15) is 0 Å². The van der Waals surface area contributed by atoms with E-state index >= 15 is 0 Å². The largest absolute Gasteiger partial charge is 0.490 e. The summed E-state index contributed by atoms with van der Waals surface area (Å²) in [6.45, 7) is 0.